The first-order chi connectivity index (χ1) is 10.7. The van der Waals surface area contributed by atoms with E-state index >= 15 is 0 Å². The molecule has 0 bridgehead atoms. The van der Waals surface area contributed by atoms with Crippen LogP contribution in [0.5, 0.6) is 0 Å². The van der Waals surface area contributed by atoms with Crippen LogP contribution in [0.4, 0.5) is 0 Å². The summed E-state index contributed by atoms with van der Waals surface area (Å²) in [6, 6.07) is 4.31. The van der Waals surface area contributed by atoms with Crippen molar-refractivity contribution in [1.29, 1.82) is 0 Å². The Morgan fingerprint density at radius 3 is 3.09 bits per heavy atom. The first kappa shape index (κ1) is 17.2. The molecule has 6 heteroatoms. The lowest BCUT2D eigenvalue weighted by atomic mass is 10.1. The van der Waals surface area contributed by atoms with E-state index in [-0.39, 0.29) is 6.10 Å². The molecular formula is C16H28N4OS. The third-order valence-electron chi connectivity index (χ3n) is 3.81. The topological polar surface area (TPSA) is 48.9 Å². The minimum absolute atomic E-state index is 0.237. The zero-order valence-corrected chi connectivity index (χ0v) is 14.7. The maximum Gasteiger partial charge on any atom is 0.191 e. The van der Waals surface area contributed by atoms with Gasteiger partial charge < -0.3 is 20.3 Å². The van der Waals surface area contributed by atoms with Gasteiger partial charge in [-0.05, 0) is 30.8 Å². The van der Waals surface area contributed by atoms with E-state index in [1.165, 1.54) is 4.88 Å². The summed E-state index contributed by atoms with van der Waals surface area (Å²) < 4.78 is 5.75. The Balaban J connectivity index is 1.66. The van der Waals surface area contributed by atoms with Crippen LogP contribution in [0.15, 0.2) is 22.5 Å². The average molecular weight is 324 g/mol. The van der Waals surface area contributed by atoms with Gasteiger partial charge in [0, 0.05) is 38.1 Å². The predicted molar refractivity (Wildman–Crippen MR) is 93.8 cm³/mol. The average Bonchev–Trinajstić information content (AvgIpc) is 3.00. The number of nitrogens with zero attached hydrogens (tertiary/aromatic N) is 2. The van der Waals surface area contributed by atoms with Crippen molar-refractivity contribution in [2.45, 2.75) is 19.4 Å². The Hall–Kier alpha value is -1.11. The van der Waals surface area contributed by atoms with E-state index in [1.54, 1.807) is 0 Å². The van der Waals surface area contributed by atoms with Crippen LogP contribution in [0.1, 0.15) is 11.8 Å². The maximum atomic E-state index is 5.75. The van der Waals surface area contributed by atoms with Gasteiger partial charge in [-0.1, -0.05) is 13.0 Å². The molecule has 0 amide bonds. The van der Waals surface area contributed by atoms with Crippen molar-refractivity contribution in [2.75, 3.05) is 46.9 Å². The normalized spacial score (nSPS) is 21.6. The van der Waals surface area contributed by atoms with E-state index < -0.39 is 0 Å². The van der Waals surface area contributed by atoms with Crippen molar-refractivity contribution in [3.63, 3.8) is 0 Å². The SMILES string of the molecule is CN=C(NCC(C)Cc1cccs1)NCC1CN(C)CCO1. The van der Waals surface area contributed by atoms with Gasteiger partial charge >= 0.3 is 0 Å². The molecule has 0 aliphatic carbocycles. The summed E-state index contributed by atoms with van der Waals surface area (Å²) in [5.74, 6) is 1.43. The van der Waals surface area contributed by atoms with E-state index in [4.69, 9.17) is 4.74 Å². The van der Waals surface area contributed by atoms with Crippen molar-refractivity contribution in [3.8, 4) is 0 Å². The highest BCUT2D eigenvalue weighted by Crippen LogP contribution is 2.13. The molecule has 0 saturated carbocycles. The third-order valence-corrected chi connectivity index (χ3v) is 4.71. The molecule has 0 aromatic carbocycles. The van der Waals surface area contributed by atoms with Crippen molar-refractivity contribution >= 4 is 17.3 Å². The summed E-state index contributed by atoms with van der Waals surface area (Å²) in [4.78, 5) is 8.03. The molecule has 2 atom stereocenters. The molecule has 1 saturated heterocycles. The molecule has 0 radical (unpaired) electrons. The Labute approximate surface area is 137 Å². The van der Waals surface area contributed by atoms with Crippen LogP contribution in [0, 0.1) is 5.92 Å². The molecule has 124 valence electrons. The van der Waals surface area contributed by atoms with Crippen molar-refractivity contribution < 1.29 is 4.74 Å². The van der Waals surface area contributed by atoms with E-state index in [1.807, 2.05) is 18.4 Å². The molecule has 1 aliphatic rings. The molecule has 2 rings (SSSR count). The number of hydrogen-bond acceptors (Lipinski definition) is 4. The van der Waals surface area contributed by atoms with Gasteiger partial charge in [-0.25, -0.2) is 0 Å². The number of ether oxygens (including phenoxy) is 1. The van der Waals surface area contributed by atoms with E-state index in [0.29, 0.717) is 5.92 Å². The number of thiophene rings is 1. The van der Waals surface area contributed by atoms with Crippen LogP contribution in [0.2, 0.25) is 0 Å². The van der Waals surface area contributed by atoms with Crippen LogP contribution < -0.4 is 10.6 Å². The lowest BCUT2D eigenvalue weighted by Crippen LogP contribution is -2.48. The monoisotopic (exact) mass is 324 g/mol. The molecule has 2 heterocycles. The zero-order chi connectivity index (χ0) is 15.8. The van der Waals surface area contributed by atoms with Gasteiger partial charge in [-0.2, -0.15) is 0 Å². The lowest BCUT2D eigenvalue weighted by molar-refractivity contribution is -0.0161. The maximum absolute atomic E-state index is 5.75. The molecule has 1 aromatic heterocycles. The first-order valence-corrected chi connectivity index (χ1v) is 8.82. The first-order valence-electron chi connectivity index (χ1n) is 7.94. The van der Waals surface area contributed by atoms with Crippen molar-refractivity contribution in [1.82, 2.24) is 15.5 Å². The molecule has 2 N–H and O–H groups in total. The second kappa shape index (κ2) is 9.12. The second-order valence-electron chi connectivity index (χ2n) is 5.98. The highest BCUT2D eigenvalue weighted by atomic mass is 32.1. The van der Waals surface area contributed by atoms with Crippen LogP contribution in [0.25, 0.3) is 0 Å². The molecule has 0 spiro atoms. The summed E-state index contributed by atoms with van der Waals surface area (Å²) in [6.07, 6.45) is 1.35. The Kier molecular flexibility index (Phi) is 7.15. The number of nitrogens with one attached hydrogen (secondary N) is 2. The molecule has 1 fully saturated rings. The fraction of sp³-hybridized carbons (Fsp3) is 0.688. The highest BCUT2D eigenvalue weighted by molar-refractivity contribution is 7.09. The van der Waals surface area contributed by atoms with Crippen LogP contribution >= 0.6 is 11.3 Å². The van der Waals surface area contributed by atoms with Gasteiger partial charge in [0.2, 0.25) is 0 Å². The van der Waals surface area contributed by atoms with Crippen LogP contribution in [-0.2, 0) is 11.2 Å². The second-order valence-corrected chi connectivity index (χ2v) is 7.01. The Morgan fingerprint density at radius 2 is 2.41 bits per heavy atom. The van der Waals surface area contributed by atoms with E-state index in [2.05, 4.69) is 52.0 Å². The van der Waals surface area contributed by atoms with Gasteiger partial charge in [0.25, 0.3) is 0 Å². The molecule has 2 unspecified atom stereocenters. The fourth-order valence-corrected chi connectivity index (χ4v) is 3.41. The minimum atomic E-state index is 0.237. The number of guanidine groups is 1. The van der Waals surface area contributed by atoms with Crippen molar-refractivity contribution in [3.05, 3.63) is 22.4 Å². The van der Waals surface area contributed by atoms with Crippen LogP contribution in [0.3, 0.4) is 0 Å². The third kappa shape index (κ3) is 5.94. The van der Waals surface area contributed by atoms with Gasteiger partial charge in [0.05, 0.1) is 12.7 Å². The summed E-state index contributed by atoms with van der Waals surface area (Å²) in [6.45, 7) is 6.78. The summed E-state index contributed by atoms with van der Waals surface area (Å²) in [7, 11) is 3.95. The molecular weight excluding hydrogens is 296 g/mol. The molecule has 1 aromatic rings. The molecule has 5 nitrogen and oxygen atoms in total. The smallest absolute Gasteiger partial charge is 0.191 e. The highest BCUT2D eigenvalue weighted by Gasteiger charge is 2.17. The van der Waals surface area contributed by atoms with E-state index in [9.17, 15) is 0 Å². The predicted octanol–water partition coefficient (Wildman–Crippen LogP) is 1.42. The van der Waals surface area contributed by atoms with Gasteiger partial charge in [-0.3, -0.25) is 4.99 Å². The van der Waals surface area contributed by atoms with Gasteiger partial charge in [0.1, 0.15) is 0 Å². The quantitative estimate of drug-likeness (QED) is 0.614. The van der Waals surface area contributed by atoms with Crippen molar-refractivity contribution in [2.24, 2.45) is 10.9 Å². The summed E-state index contributed by atoms with van der Waals surface area (Å²) >= 11 is 1.83. The number of morpholine rings is 1. The standard InChI is InChI=1S/C16H28N4OS/c1-13(9-15-5-4-8-22-15)10-18-16(17-2)19-11-14-12-20(3)6-7-21-14/h4-5,8,13-14H,6-7,9-12H2,1-3H3,(H2,17,18,19). The summed E-state index contributed by atoms with van der Waals surface area (Å²) in [5, 5.41) is 8.91. The number of rotatable bonds is 6. The molecule has 1 aliphatic heterocycles. The zero-order valence-electron chi connectivity index (χ0n) is 13.8. The summed E-state index contributed by atoms with van der Waals surface area (Å²) in [5.41, 5.74) is 0. The number of hydrogen-bond donors (Lipinski definition) is 2. The number of likely N-dealkylation sites (N-methyl/N-ethyl adjacent to an activating group) is 1. The Bertz CT molecular complexity index is 449. The lowest BCUT2D eigenvalue weighted by Gasteiger charge is -2.30. The van der Waals surface area contributed by atoms with Gasteiger partial charge in [0.15, 0.2) is 5.96 Å². The van der Waals surface area contributed by atoms with Crippen LogP contribution in [-0.4, -0.2) is 63.8 Å². The largest absolute Gasteiger partial charge is 0.374 e. The van der Waals surface area contributed by atoms with Gasteiger partial charge in [-0.15, -0.1) is 11.3 Å². The Morgan fingerprint density at radius 1 is 1.55 bits per heavy atom. The number of aliphatic imine (C=N–C) groups is 1. The van der Waals surface area contributed by atoms with E-state index in [0.717, 1.165) is 45.2 Å². The fourth-order valence-electron chi connectivity index (χ4n) is 2.54. The molecule has 22 heavy (non-hydrogen) atoms. The minimum Gasteiger partial charge on any atom is -0.374 e.